The van der Waals surface area contributed by atoms with Crippen molar-refractivity contribution in [1.29, 1.82) is 0 Å². The highest BCUT2D eigenvalue weighted by Gasteiger charge is 2.29. The van der Waals surface area contributed by atoms with E-state index in [9.17, 15) is 9.59 Å². The van der Waals surface area contributed by atoms with E-state index in [1.165, 1.54) is 12.8 Å². The molecule has 2 amide bonds. The van der Waals surface area contributed by atoms with Crippen LogP contribution in [0.1, 0.15) is 38.0 Å². The van der Waals surface area contributed by atoms with Gasteiger partial charge < -0.3 is 14.6 Å². The zero-order valence-electron chi connectivity index (χ0n) is 18.1. The molecular weight excluding hydrogens is 392 g/mol. The van der Waals surface area contributed by atoms with E-state index in [0.717, 1.165) is 56.9 Å². The van der Waals surface area contributed by atoms with Crippen molar-refractivity contribution < 1.29 is 14.0 Å². The predicted molar refractivity (Wildman–Crippen MR) is 118 cm³/mol. The molecule has 0 unspecified atom stereocenters. The fourth-order valence-electron chi connectivity index (χ4n) is 4.45. The molecule has 1 aliphatic heterocycles. The Bertz CT molecular complexity index is 853. The lowest BCUT2D eigenvalue weighted by molar-refractivity contribution is -0.137. The van der Waals surface area contributed by atoms with Crippen molar-refractivity contribution in [2.45, 2.75) is 38.5 Å². The first-order valence-electron chi connectivity index (χ1n) is 11.5. The Morgan fingerprint density at radius 2 is 1.81 bits per heavy atom. The summed E-state index contributed by atoms with van der Waals surface area (Å²) in [5.74, 6) is 1.93. The van der Waals surface area contributed by atoms with Crippen LogP contribution in [0, 0.1) is 5.92 Å². The number of nitrogens with one attached hydrogen (secondary N) is 1. The second-order valence-electron chi connectivity index (χ2n) is 8.48. The van der Waals surface area contributed by atoms with E-state index in [-0.39, 0.29) is 11.8 Å². The molecule has 0 atom stereocenters. The van der Waals surface area contributed by atoms with Crippen LogP contribution in [0.15, 0.2) is 40.9 Å². The molecule has 7 nitrogen and oxygen atoms in total. The van der Waals surface area contributed by atoms with E-state index >= 15 is 0 Å². The molecule has 1 saturated heterocycles. The fraction of sp³-hybridized carbons (Fsp3) is 0.542. The average Bonchev–Trinajstić information content (AvgIpc) is 3.51. The molecule has 1 N–H and O–H groups in total. The van der Waals surface area contributed by atoms with Gasteiger partial charge in [0.1, 0.15) is 0 Å². The zero-order valence-corrected chi connectivity index (χ0v) is 18.1. The molecule has 0 radical (unpaired) electrons. The number of carbonyl (C=O) groups is 2. The summed E-state index contributed by atoms with van der Waals surface area (Å²) in [5.41, 5.74) is 0.982. The first-order chi connectivity index (χ1) is 15.2. The third-order valence-corrected chi connectivity index (χ3v) is 6.32. The van der Waals surface area contributed by atoms with Gasteiger partial charge in [-0.25, -0.2) is 4.98 Å². The lowest BCUT2D eigenvalue weighted by Gasteiger charge is -2.36. The number of benzene rings is 1. The second-order valence-corrected chi connectivity index (χ2v) is 8.48. The van der Waals surface area contributed by atoms with Gasteiger partial charge in [-0.2, -0.15) is 0 Å². The maximum absolute atomic E-state index is 12.5. The van der Waals surface area contributed by atoms with Gasteiger partial charge in [0.05, 0.1) is 6.20 Å². The summed E-state index contributed by atoms with van der Waals surface area (Å²) in [5, 5.41) is 2.99. The average molecular weight is 425 g/mol. The highest BCUT2D eigenvalue weighted by atomic mass is 16.4. The third-order valence-electron chi connectivity index (χ3n) is 6.32. The molecule has 2 fully saturated rings. The molecule has 0 bridgehead atoms. The van der Waals surface area contributed by atoms with Crippen molar-refractivity contribution in [2.75, 3.05) is 39.3 Å². The minimum absolute atomic E-state index is 0.00880. The van der Waals surface area contributed by atoms with Gasteiger partial charge in [0, 0.05) is 63.6 Å². The SMILES string of the molecule is O=C(CCc1ncc(-c2ccccc2)o1)NCCN1CCN(C(=O)C2CCCC2)CC1. The van der Waals surface area contributed by atoms with Crippen molar-refractivity contribution in [3.8, 4) is 11.3 Å². The van der Waals surface area contributed by atoms with Crippen LogP contribution in [-0.4, -0.2) is 65.9 Å². The van der Waals surface area contributed by atoms with Crippen LogP contribution in [0.2, 0.25) is 0 Å². The zero-order chi connectivity index (χ0) is 21.5. The maximum Gasteiger partial charge on any atom is 0.225 e. The van der Waals surface area contributed by atoms with E-state index in [1.807, 2.05) is 35.2 Å². The Hall–Kier alpha value is -2.67. The third kappa shape index (κ3) is 5.94. The van der Waals surface area contributed by atoms with Gasteiger partial charge in [-0.1, -0.05) is 43.2 Å². The standard InChI is InChI=1S/C24H32N4O3/c29-22(10-11-23-26-18-21(31-23)19-6-2-1-3-7-19)25-12-13-27-14-16-28(17-15-27)24(30)20-8-4-5-9-20/h1-3,6-7,18,20H,4-5,8-17H2,(H,25,29). The molecule has 4 rings (SSSR count). The van der Waals surface area contributed by atoms with Crippen LogP contribution in [0.25, 0.3) is 11.3 Å². The lowest BCUT2D eigenvalue weighted by atomic mass is 10.1. The van der Waals surface area contributed by atoms with Crippen LogP contribution in [0.4, 0.5) is 0 Å². The Morgan fingerprint density at radius 3 is 2.55 bits per heavy atom. The quantitative estimate of drug-likeness (QED) is 0.705. The molecule has 1 saturated carbocycles. The van der Waals surface area contributed by atoms with E-state index in [2.05, 4.69) is 15.2 Å². The summed E-state index contributed by atoms with van der Waals surface area (Å²) in [7, 11) is 0. The van der Waals surface area contributed by atoms with Crippen LogP contribution < -0.4 is 5.32 Å². The highest BCUT2D eigenvalue weighted by Crippen LogP contribution is 2.27. The summed E-state index contributed by atoms with van der Waals surface area (Å²) in [6.07, 6.45) is 7.07. The predicted octanol–water partition coefficient (Wildman–Crippen LogP) is 2.72. The van der Waals surface area contributed by atoms with E-state index < -0.39 is 0 Å². The number of rotatable bonds is 8. The molecule has 1 aromatic heterocycles. The Kier molecular flexibility index (Phi) is 7.35. The molecule has 166 valence electrons. The molecule has 0 spiro atoms. The lowest BCUT2D eigenvalue weighted by Crippen LogP contribution is -2.51. The molecule has 2 heterocycles. The summed E-state index contributed by atoms with van der Waals surface area (Å²) in [6.45, 7) is 4.80. The van der Waals surface area contributed by atoms with Crippen molar-refractivity contribution in [3.63, 3.8) is 0 Å². The first-order valence-corrected chi connectivity index (χ1v) is 11.5. The van der Waals surface area contributed by atoms with Crippen LogP contribution in [-0.2, 0) is 16.0 Å². The summed E-state index contributed by atoms with van der Waals surface area (Å²) in [4.78, 5) is 33.3. The van der Waals surface area contributed by atoms with Gasteiger partial charge in [0.15, 0.2) is 11.7 Å². The topological polar surface area (TPSA) is 78.7 Å². The van der Waals surface area contributed by atoms with Crippen LogP contribution in [0.3, 0.4) is 0 Å². The van der Waals surface area contributed by atoms with Gasteiger partial charge in [-0.05, 0) is 12.8 Å². The molecule has 2 aromatic rings. The smallest absolute Gasteiger partial charge is 0.225 e. The number of aromatic nitrogens is 1. The minimum atomic E-state index is 0.00880. The number of oxazole rings is 1. The number of hydrogen-bond acceptors (Lipinski definition) is 5. The van der Waals surface area contributed by atoms with Gasteiger partial charge in [0.2, 0.25) is 11.8 Å². The number of nitrogens with zero attached hydrogens (tertiary/aromatic N) is 3. The number of carbonyl (C=O) groups excluding carboxylic acids is 2. The van der Waals surface area contributed by atoms with Crippen molar-refractivity contribution in [3.05, 3.63) is 42.4 Å². The second kappa shape index (κ2) is 10.6. The maximum atomic E-state index is 12.5. The Morgan fingerprint density at radius 1 is 1.06 bits per heavy atom. The first kappa shape index (κ1) is 21.6. The molecule has 2 aliphatic rings. The van der Waals surface area contributed by atoms with Gasteiger partial charge in [-0.3, -0.25) is 14.5 Å². The van der Waals surface area contributed by atoms with Crippen molar-refractivity contribution in [1.82, 2.24) is 20.1 Å². The number of amides is 2. The van der Waals surface area contributed by atoms with E-state index in [4.69, 9.17) is 4.42 Å². The summed E-state index contributed by atoms with van der Waals surface area (Å²) in [6, 6.07) is 9.82. The van der Waals surface area contributed by atoms with Gasteiger partial charge >= 0.3 is 0 Å². The highest BCUT2D eigenvalue weighted by molar-refractivity contribution is 5.79. The van der Waals surface area contributed by atoms with Crippen molar-refractivity contribution >= 4 is 11.8 Å². The van der Waals surface area contributed by atoms with Crippen molar-refractivity contribution in [2.24, 2.45) is 5.92 Å². The molecule has 31 heavy (non-hydrogen) atoms. The molecule has 7 heteroatoms. The van der Waals surface area contributed by atoms with E-state index in [0.29, 0.717) is 31.2 Å². The van der Waals surface area contributed by atoms with Gasteiger partial charge in [-0.15, -0.1) is 0 Å². The fourth-order valence-corrected chi connectivity index (χ4v) is 4.45. The summed E-state index contributed by atoms with van der Waals surface area (Å²) < 4.78 is 5.75. The van der Waals surface area contributed by atoms with Gasteiger partial charge in [0.25, 0.3) is 0 Å². The van der Waals surface area contributed by atoms with Crippen LogP contribution >= 0.6 is 0 Å². The number of aryl methyl sites for hydroxylation is 1. The molecular formula is C24H32N4O3. The Labute approximate surface area is 183 Å². The molecule has 1 aromatic carbocycles. The Balaban J connectivity index is 1.11. The normalized spacial score (nSPS) is 17.7. The number of hydrogen-bond donors (Lipinski definition) is 1. The number of piperazine rings is 1. The van der Waals surface area contributed by atoms with Crippen LogP contribution in [0.5, 0.6) is 0 Å². The largest absolute Gasteiger partial charge is 0.441 e. The van der Waals surface area contributed by atoms with E-state index in [1.54, 1.807) is 6.20 Å². The summed E-state index contributed by atoms with van der Waals surface area (Å²) >= 11 is 0. The monoisotopic (exact) mass is 424 g/mol. The molecule has 1 aliphatic carbocycles. The minimum Gasteiger partial charge on any atom is -0.441 e.